The van der Waals surface area contributed by atoms with Gasteiger partial charge in [-0.2, -0.15) is 0 Å². The zero-order valence-electron chi connectivity index (χ0n) is 10.9. The van der Waals surface area contributed by atoms with Crippen LogP contribution in [0.4, 0.5) is 13.2 Å². The standard InChI is InChI=1S/C13H13F3O4/c1-8(12(18)19-2)6-11(17)9-4-3-5-10(7-9)20-13(14,15)16/h3-5,7-8H,6H2,1-2H3. The van der Waals surface area contributed by atoms with E-state index in [1.54, 1.807) is 0 Å². The molecule has 7 heteroatoms. The lowest BCUT2D eigenvalue weighted by atomic mass is 10.00. The highest BCUT2D eigenvalue weighted by atomic mass is 19.4. The Morgan fingerprint density at radius 1 is 1.30 bits per heavy atom. The van der Waals surface area contributed by atoms with E-state index < -0.39 is 29.8 Å². The van der Waals surface area contributed by atoms with E-state index in [4.69, 9.17) is 0 Å². The van der Waals surface area contributed by atoms with Crippen LogP contribution in [0.15, 0.2) is 24.3 Å². The Hall–Kier alpha value is -2.05. The lowest BCUT2D eigenvalue weighted by Crippen LogP contribution is -2.18. The highest BCUT2D eigenvalue weighted by Gasteiger charge is 2.31. The first-order valence-corrected chi connectivity index (χ1v) is 5.70. The van der Waals surface area contributed by atoms with Crippen molar-refractivity contribution in [3.8, 4) is 5.75 Å². The molecule has 1 unspecified atom stereocenters. The first kappa shape index (κ1) is 16.0. The van der Waals surface area contributed by atoms with Gasteiger partial charge in [0, 0.05) is 12.0 Å². The van der Waals surface area contributed by atoms with E-state index >= 15 is 0 Å². The lowest BCUT2D eigenvalue weighted by Gasteiger charge is -2.11. The molecule has 0 spiro atoms. The number of halogens is 3. The third kappa shape index (κ3) is 4.91. The first-order chi connectivity index (χ1) is 9.23. The summed E-state index contributed by atoms with van der Waals surface area (Å²) in [5, 5.41) is 0. The molecule has 0 heterocycles. The number of carbonyl (C=O) groups is 2. The van der Waals surface area contributed by atoms with Gasteiger partial charge in [0.05, 0.1) is 13.0 Å². The second-order valence-corrected chi connectivity index (χ2v) is 4.13. The van der Waals surface area contributed by atoms with Crippen LogP contribution in [0.5, 0.6) is 5.75 Å². The highest BCUT2D eigenvalue weighted by molar-refractivity contribution is 5.98. The summed E-state index contributed by atoms with van der Waals surface area (Å²) in [6, 6.07) is 4.71. The van der Waals surface area contributed by atoms with Gasteiger partial charge in [0.1, 0.15) is 5.75 Å². The molecule has 0 aliphatic rings. The SMILES string of the molecule is COC(=O)C(C)CC(=O)c1cccc(OC(F)(F)F)c1. The minimum atomic E-state index is -4.82. The predicted molar refractivity (Wildman–Crippen MR) is 63.3 cm³/mol. The molecular formula is C13H13F3O4. The topological polar surface area (TPSA) is 52.6 Å². The molecule has 20 heavy (non-hydrogen) atoms. The number of Topliss-reactive ketones (excluding diaryl/α,β-unsaturated/α-hetero) is 1. The van der Waals surface area contributed by atoms with Crippen molar-refractivity contribution in [2.24, 2.45) is 5.92 Å². The van der Waals surface area contributed by atoms with Gasteiger partial charge in [0.2, 0.25) is 0 Å². The van der Waals surface area contributed by atoms with E-state index in [2.05, 4.69) is 9.47 Å². The average molecular weight is 290 g/mol. The number of hydrogen-bond donors (Lipinski definition) is 0. The molecule has 0 bridgehead atoms. The Balaban J connectivity index is 2.79. The van der Waals surface area contributed by atoms with Crippen molar-refractivity contribution in [3.05, 3.63) is 29.8 Å². The molecule has 0 aliphatic heterocycles. The molecule has 1 aromatic rings. The van der Waals surface area contributed by atoms with E-state index in [9.17, 15) is 22.8 Å². The maximum atomic E-state index is 12.1. The van der Waals surface area contributed by atoms with Gasteiger partial charge in [0.15, 0.2) is 5.78 Å². The average Bonchev–Trinajstić information content (AvgIpc) is 2.35. The Morgan fingerprint density at radius 3 is 2.50 bits per heavy atom. The fraction of sp³-hybridized carbons (Fsp3) is 0.385. The lowest BCUT2D eigenvalue weighted by molar-refractivity contribution is -0.274. The van der Waals surface area contributed by atoms with Gasteiger partial charge < -0.3 is 9.47 Å². The number of benzene rings is 1. The zero-order valence-corrected chi connectivity index (χ0v) is 10.9. The normalized spacial score (nSPS) is 12.7. The number of carbonyl (C=O) groups excluding carboxylic acids is 2. The minimum Gasteiger partial charge on any atom is -0.469 e. The summed E-state index contributed by atoms with van der Waals surface area (Å²) in [6.45, 7) is 1.50. The van der Waals surface area contributed by atoms with Crippen LogP contribution in [0.2, 0.25) is 0 Å². The van der Waals surface area contributed by atoms with Gasteiger partial charge in [-0.05, 0) is 12.1 Å². The quantitative estimate of drug-likeness (QED) is 0.618. The molecular weight excluding hydrogens is 277 g/mol. The predicted octanol–water partition coefficient (Wildman–Crippen LogP) is 2.97. The molecule has 4 nitrogen and oxygen atoms in total. The second-order valence-electron chi connectivity index (χ2n) is 4.13. The molecule has 0 fully saturated rings. The Labute approximate surface area is 113 Å². The highest BCUT2D eigenvalue weighted by Crippen LogP contribution is 2.24. The molecule has 1 rings (SSSR count). The molecule has 110 valence electrons. The van der Waals surface area contributed by atoms with Crippen molar-refractivity contribution in [2.45, 2.75) is 19.7 Å². The summed E-state index contributed by atoms with van der Waals surface area (Å²) in [5.41, 5.74) is 0.0440. The summed E-state index contributed by atoms with van der Waals surface area (Å²) in [6.07, 6.45) is -4.97. The summed E-state index contributed by atoms with van der Waals surface area (Å²) in [7, 11) is 1.20. The molecule has 0 saturated carbocycles. The van der Waals surface area contributed by atoms with Crippen LogP contribution >= 0.6 is 0 Å². The fourth-order valence-corrected chi connectivity index (χ4v) is 1.55. The molecule has 0 aromatic heterocycles. The smallest absolute Gasteiger partial charge is 0.469 e. The Morgan fingerprint density at radius 2 is 1.95 bits per heavy atom. The monoisotopic (exact) mass is 290 g/mol. The molecule has 0 N–H and O–H groups in total. The van der Waals surface area contributed by atoms with Crippen LogP contribution in [-0.4, -0.2) is 25.2 Å². The van der Waals surface area contributed by atoms with Crippen molar-refractivity contribution >= 4 is 11.8 Å². The van der Waals surface area contributed by atoms with Crippen molar-refractivity contribution in [1.82, 2.24) is 0 Å². The Bertz CT molecular complexity index is 497. The van der Waals surface area contributed by atoms with E-state index in [0.29, 0.717) is 0 Å². The Kier molecular flexibility index (Phi) is 5.12. The van der Waals surface area contributed by atoms with Crippen molar-refractivity contribution in [1.29, 1.82) is 0 Å². The van der Waals surface area contributed by atoms with Gasteiger partial charge >= 0.3 is 12.3 Å². The van der Waals surface area contributed by atoms with Crippen molar-refractivity contribution in [2.75, 3.05) is 7.11 Å². The second kappa shape index (κ2) is 6.40. The molecule has 0 radical (unpaired) electrons. The van der Waals surface area contributed by atoms with Crippen molar-refractivity contribution < 1.29 is 32.2 Å². The number of methoxy groups -OCH3 is 1. The summed E-state index contributed by atoms with van der Waals surface area (Å²) in [4.78, 5) is 23.0. The molecule has 0 amide bonds. The largest absolute Gasteiger partial charge is 0.573 e. The summed E-state index contributed by atoms with van der Waals surface area (Å²) < 4.78 is 44.4. The van der Waals surface area contributed by atoms with E-state index in [1.165, 1.54) is 26.2 Å². The number of ketones is 1. The number of rotatable bonds is 5. The third-order valence-electron chi connectivity index (χ3n) is 2.48. The molecule has 1 atom stereocenters. The minimum absolute atomic E-state index is 0.0440. The van der Waals surface area contributed by atoms with Gasteiger partial charge in [-0.25, -0.2) is 0 Å². The third-order valence-corrected chi connectivity index (χ3v) is 2.48. The van der Waals surface area contributed by atoms with Crippen LogP contribution in [0.3, 0.4) is 0 Å². The van der Waals surface area contributed by atoms with Crippen molar-refractivity contribution in [3.63, 3.8) is 0 Å². The maximum absolute atomic E-state index is 12.1. The summed E-state index contributed by atoms with van der Waals surface area (Å²) >= 11 is 0. The van der Waals surface area contributed by atoms with Gasteiger partial charge in [-0.1, -0.05) is 19.1 Å². The molecule has 0 saturated heterocycles. The van der Waals surface area contributed by atoms with Gasteiger partial charge in [-0.15, -0.1) is 13.2 Å². The van der Waals surface area contributed by atoms with Gasteiger partial charge in [-0.3, -0.25) is 9.59 Å². The van der Waals surface area contributed by atoms with Gasteiger partial charge in [0.25, 0.3) is 0 Å². The van der Waals surface area contributed by atoms with Crippen LogP contribution in [0.25, 0.3) is 0 Å². The summed E-state index contributed by atoms with van der Waals surface area (Å²) in [5.74, 6) is -2.16. The van der Waals surface area contributed by atoms with Crippen LogP contribution in [0, 0.1) is 5.92 Å². The number of esters is 1. The van der Waals surface area contributed by atoms with Crippen LogP contribution in [0.1, 0.15) is 23.7 Å². The first-order valence-electron chi connectivity index (χ1n) is 5.70. The molecule has 0 aliphatic carbocycles. The van der Waals surface area contributed by atoms with E-state index in [1.807, 2.05) is 0 Å². The maximum Gasteiger partial charge on any atom is 0.573 e. The van der Waals surface area contributed by atoms with Crippen LogP contribution < -0.4 is 4.74 Å². The van der Waals surface area contributed by atoms with E-state index in [0.717, 1.165) is 12.1 Å². The molecule has 1 aromatic carbocycles. The fourth-order valence-electron chi connectivity index (χ4n) is 1.55. The zero-order chi connectivity index (χ0) is 15.3. The van der Waals surface area contributed by atoms with E-state index in [-0.39, 0.29) is 12.0 Å². The number of hydrogen-bond acceptors (Lipinski definition) is 4. The number of alkyl halides is 3. The van der Waals surface area contributed by atoms with Crippen LogP contribution in [-0.2, 0) is 9.53 Å². The number of ether oxygens (including phenoxy) is 2.